The van der Waals surface area contributed by atoms with Crippen LogP contribution in [-0.2, 0) is 9.59 Å². The van der Waals surface area contributed by atoms with Gasteiger partial charge in [-0.25, -0.2) is 4.98 Å². The number of nitrogens with one attached hydrogen (secondary N) is 2. The summed E-state index contributed by atoms with van der Waals surface area (Å²) in [6, 6.07) is 13.2. The lowest BCUT2D eigenvalue weighted by atomic mass is 10.1. The van der Waals surface area contributed by atoms with E-state index in [9.17, 15) is 9.59 Å². The molecule has 0 atom stereocenters. The monoisotopic (exact) mass is 394 g/mol. The van der Waals surface area contributed by atoms with E-state index >= 15 is 0 Å². The summed E-state index contributed by atoms with van der Waals surface area (Å²) in [5.41, 5.74) is 4.72. The molecule has 0 fully saturated rings. The fourth-order valence-electron chi connectivity index (χ4n) is 2.78. The van der Waals surface area contributed by atoms with Crippen LogP contribution in [0.2, 0.25) is 0 Å². The highest BCUT2D eigenvalue weighted by atomic mass is 32.2. The average Bonchev–Trinajstić information content (AvgIpc) is 3.10. The predicted octanol–water partition coefficient (Wildman–Crippen LogP) is 4.18. The van der Waals surface area contributed by atoms with E-state index in [-0.39, 0.29) is 17.6 Å². The second-order valence-corrected chi connectivity index (χ2v) is 7.34. The quantitative estimate of drug-likeness (QED) is 0.615. The minimum atomic E-state index is -0.155. The van der Waals surface area contributed by atoms with Crippen molar-refractivity contribution in [3.05, 3.63) is 66.0 Å². The number of aryl methyl sites for hydroxylation is 1. The zero-order chi connectivity index (χ0) is 20.1. The van der Waals surface area contributed by atoms with Crippen molar-refractivity contribution in [2.45, 2.75) is 25.9 Å². The van der Waals surface area contributed by atoms with E-state index in [0.717, 1.165) is 10.8 Å². The molecule has 0 saturated heterocycles. The lowest BCUT2D eigenvalue weighted by Gasteiger charge is -2.12. The van der Waals surface area contributed by atoms with Gasteiger partial charge in [-0.1, -0.05) is 30.0 Å². The predicted molar refractivity (Wildman–Crippen MR) is 113 cm³/mol. The van der Waals surface area contributed by atoms with Crippen molar-refractivity contribution in [3.63, 3.8) is 0 Å². The van der Waals surface area contributed by atoms with Crippen molar-refractivity contribution < 1.29 is 9.59 Å². The fourth-order valence-corrected chi connectivity index (χ4v) is 3.55. The number of hydrogen-bond acceptors (Lipinski definition) is 4. The Bertz CT molecular complexity index is 1010. The number of carbonyl (C=O) groups excluding carboxylic acids is 2. The molecular weight excluding hydrogens is 372 g/mol. The normalized spacial score (nSPS) is 10.5. The molecule has 2 aromatic carbocycles. The van der Waals surface area contributed by atoms with Gasteiger partial charge in [0.15, 0.2) is 5.16 Å². The maximum absolute atomic E-state index is 12.4. The zero-order valence-corrected chi connectivity index (χ0v) is 16.8. The van der Waals surface area contributed by atoms with Crippen LogP contribution in [0.25, 0.3) is 5.69 Å². The Kier molecular flexibility index (Phi) is 6.16. The number of carbonyl (C=O) groups is 2. The molecule has 6 nitrogen and oxygen atoms in total. The van der Waals surface area contributed by atoms with Gasteiger partial charge in [-0.2, -0.15) is 0 Å². The van der Waals surface area contributed by atoms with Gasteiger partial charge in [-0.3, -0.25) is 14.2 Å². The maximum atomic E-state index is 12.4. The summed E-state index contributed by atoms with van der Waals surface area (Å²) in [5, 5.41) is 6.31. The van der Waals surface area contributed by atoms with Crippen molar-refractivity contribution in [3.8, 4) is 5.69 Å². The van der Waals surface area contributed by atoms with Gasteiger partial charge in [-0.15, -0.1) is 0 Å². The molecular formula is C21H22N4O2S. The van der Waals surface area contributed by atoms with E-state index < -0.39 is 0 Å². The first-order valence-electron chi connectivity index (χ1n) is 8.84. The number of nitrogens with zero attached hydrogens (tertiary/aromatic N) is 2. The second-order valence-electron chi connectivity index (χ2n) is 6.40. The first-order valence-corrected chi connectivity index (χ1v) is 9.83. The van der Waals surface area contributed by atoms with Crippen molar-refractivity contribution in [2.75, 3.05) is 16.4 Å². The third-order valence-electron chi connectivity index (χ3n) is 4.24. The number of aromatic nitrogens is 2. The summed E-state index contributed by atoms with van der Waals surface area (Å²) >= 11 is 1.38. The van der Waals surface area contributed by atoms with Crippen molar-refractivity contribution in [1.82, 2.24) is 9.55 Å². The van der Waals surface area contributed by atoms with Crippen LogP contribution in [0.15, 0.2) is 60.0 Å². The SMILES string of the molecule is CC(=O)Nc1cccc(NC(=O)CSc2nccn2-c2cccc(C)c2C)c1. The number of benzene rings is 2. The van der Waals surface area contributed by atoms with Crippen LogP contribution in [0.5, 0.6) is 0 Å². The number of imidazole rings is 1. The molecule has 0 radical (unpaired) electrons. The third kappa shape index (κ3) is 4.80. The van der Waals surface area contributed by atoms with Gasteiger partial charge in [0.05, 0.1) is 11.4 Å². The lowest BCUT2D eigenvalue weighted by molar-refractivity contribution is -0.114. The molecule has 0 aliphatic rings. The third-order valence-corrected chi connectivity index (χ3v) is 5.21. The van der Waals surface area contributed by atoms with Crippen LogP contribution in [-0.4, -0.2) is 27.1 Å². The Balaban J connectivity index is 1.66. The molecule has 2 N–H and O–H groups in total. The van der Waals surface area contributed by atoms with Crippen LogP contribution in [0.4, 0.5) is 11.4 Å². The van der Waals surface area contributed by atoms with E-state index in [1.165, 1.54) is 29.8 Å². The molecule has 2 amide bonds. The molecule has 7 heteroatoms. The smallest absolute Gasteiger partial charge is 0.234 e. The Labute approximate surface area is 168 Å². The number of hydrogen-bond donors (Lipinski definition) is 2. The number of anilines is 2. The molecule has 1 heterocycles. The summed E-state index contributed by atoms with van der Waals surface area (Å²) < 4.78 is 2.00. The Morgan fingerprint density at radius 3 is 2.54 bits per heavy atom. The van der Waals surface area contributed by atoms with Crippen molar-refractivity contribution >= 4 is 35.0 Å². The van der Waals surface area contributed by atoms with Crippen molar-refractivity contribution in [2.24, 2.45) is 0 Å². The van der Waals surface area contributed by atoms with Gasteiger partial charge < -0.3 is 10.6 Å². The van der Waals surface area contributed by atoms with Crippen LogP contribution >= 0.6 is 11.8 Å². The van der Waals surface area contributed by atoms with Crippen LogP contribution in [0.3, 0.4) is 0 Å². The minimum absolute atomic E-state index is 0.138. The highest BCUT2D eigenvalue weighted by Gasteiger charge is 2.11. The summed E-state index contributed by atoms with van der Waals surface area (Å²) in [7, 11) is 0. The Morgan fingerprint density at radius 2 is 1.79 bits per heavy atom. The highest BCUT2D eigenvalue weighted by molar-refractivity contribution is 7.99. The summed E-state index contributed by atoms with van der Waals surface area (Å²) in [6.07, 6.45) is 3.64. The standard InChI is InChI=1S/C21H22N4O2S/c1-14-6-4-9-19(15(14)2)25-11-10-22-21(25)28-13-20(27)24-18-8-5-7-17(12-18)23-16(3)26/h4-12H,13H2,1-3H3,(H,23,26)(H,24,27). The van der Waals surface area contributed by atoms with Crippen LogP contribution in [0.1, 0.15) is 18.1 Å². The fraction of sp³-hybridized carbons (Fsp3) is 0.190. The molecule has 3 rings (SSSR count). The number of rotatable bonds is 6. The lowest BCUT2D eigenvalue weighted by Crippen LogP contribution is -2.15. The van der Waals surface area contributed by atoms with E-state index in [0.29, 0.717) is 11.4 Å². The number of thioether (sulfide) groups is 1. The maximum Gasteiger partial charge on any atom is 0.234 e. The second kappa shape index (κ2) is 8.75. The van der Waals surface area contributed by atoms with Crippen LogP contribution < -0.4 is 10.6 Å². The number of amides is 2. The minimum Gasteiger partial charge on any atom is -0.326 e. The Morgan fingerprint density at radius 1 is 1.07 bits per heavy atom. The highest BCUT2D eigenvalue weighted by Crippen LogP contribution is 2.24. The van der Waals surface area contributed by atoms with E-state index in [1.54, 1.807) is 30.5 Å². The first kappa shape index (κ1) is 19.7. The van der Waals surface area contributed by atoms with Crippen molar-refractivity contribution in [1.29, 1.82) is 0 Å². The molecule has 0 spiro atoms. The molecule has 28 heavy (non-hydrogen) atoms. The van der Waals surface area contributed by atoms with E-state index in [2.05, 4.69) is 35.5 Å². The van der Waals surface area contributed by atoms with Gasteiger partial charge in [0, 0.05) is 30.7 Å². The molecule has 0 saturated carbocycles. The van der Waals surface area contributed by atoms with Crippen LogP contribution in [0, 0.1) is 13.8 Å². The first-order chi connectivity index (χ1) is 13.4. The summed E-state index contributed by atoms with van der Waals surface area (Å²) in [4.78, 5) is 27.9. The summed E-state index contributed by atoms with van der Waals surface area (Å²) in [5.74, 6) is -0.0653. The van der Waals surface area contributed by atoms with Gasteiger partial charge in [0.2, 0.25) is 11.8 Å². The molecule has 0 bridgehead atoms. The van der Waals surface area contributed by atoms with Gasteiger partial charge in [0.1, 0.15) is 0 Å². The zero-order valence-electron chi connectivity index (χ0n) is 16.0. The molecule has 0 aliphatic carbocycles. The summed E-state index contributed by atoms with van der Waals surface area (Å²) in [6.45, 7) is 5.60. The average molecular weight is 395 g/mol. The van der Waals surface area contributed by atoms with E-state index in [4.69, 9.17) is 0 Å². The molecule has 0 aliphatic heterocycles. The Hall–Kier alpha value is -3.06. The van der Waals surface area contributed by atoms with E-state index in [1.807, 2.05) is 22.9 Å². The molecule has 0 unspecified atom stereocenters. The molecule has 1 aromatic heterocycles. The molecule has 3 aromatic rings. The largest absolute Gasteiger partial charge is 0.326 e. The topological polar surface area (TPSA) is 76.0 Å². The van der Waals surface area contributed by atoms with Gasteiger partial charge in [0.25, 0.3) is 0 Å². The van der Waals surface area contributed by atoms with Gasteiger partial charge >= 0.3 is 0 Å². The van der Waals surface area contributed by atoms with Gasteiger partial charge in [-0.05, 0) is 49.2 Å². The molecule has 144 valence electrons.